The highest BCUT2D eigenvalue weighted by atomic mass is 79.9. The molecule has 100 valence electrons. The number of halogens is 1. The Kier molecular flexibility index (Phi) is 4.81. The minimum Gasteiger partial charge on any atom is -0.0921 e. The molecule has 0 saturated carbocycles. The Balaban J connectivity index is 2.23. The molecule has 0 N–H and O–H groups in total. The average Bonchev–Trinajstić information content (AvgIpc) is 2.41. The lowest BCUT2D eigenvalue weighted by atomic mass is 9.90. The van der Waals surface area contributed by atoms with Crippen LogP contribution in [0.5, 0.6) is 0 Å². The van der Waals surface area contributed by atoms with E-state index in [4.69, 9.17) is 0 Å². The number of alkyl halides is 1. The molecule has 2 aromatic rings. The third kappa shape index (κ3) is 3.70. The zero-order valence-electron chi connectivity index (χ0n) is 11.9. The average molecular weight is 317 g/mol. The Labute approximate surface area is 125 Å². The van der Waals surface area contributed by atoms with Gasteiger partial charge in [-0.25, -0.2) is 0 Å². The standard InChI is InChI=1S/C18H21Br/c1-13-5-8-16(9-6-13)18(12-19)11-17-10-14(2)4-7-15(17)3/h4-10,18H,11-12H2,1-3H3. The van der Waals surface area contributed by atoms with Crippen LogP contribution in [-0.4, -0.2) is 5.33 Å². The van der Waals surface area contributed by atoms with Gasteiger partial charge in [0.15, 0.2) is 0 Å². The summed E-state index contributed by atoms with van der Waals surface area (Å²) in [5.41, 5.74) is 6.94. The van der Waals surface area contributed by atoms with Gasteiger partial charge in [0.25, 0.3) is 0 Å². The molecule has 1 heteroatoms. The lowest BCUT2D eigenvalue weighted by Crippen LogP contribution is -2.06. The summed E-state index contributed by atoms with van der Waals surface area (Å²) in [5, 5.41) is 1.00. The maximum atomic E-state index is 3.67. The van der Waals surface area contributed by atoms with E-state index >= 15 is 0 Å². The van der Waals surface area contributed by atoms with Crippen molar-refractivity contribution in [2.75, 3.05) is 5.33 Å². The van der Waals surface area contributed by atoms with Gasteiger partial charge in [0.1, 0.15) is 0 Å². The van der Waals surface area contributed by atoms with Crippen LogP contribution < -0.4 is 0 Å². The van der Waals surface area contributed by atoms with Crippen LogP contribution in [0.15, 0.2) is 42.5 Å². The first-order chi connectivity index (χ1) is 9.10. The minimum absolute atomic E-state index is 0.543. The molecule has 0 spiro atoms. The van der Waals surface area contributed by atoms with Crippen LogP contribution >= 0.6 is 15.9 Å². The highest BCUT2D eigenvalue weighted by molar-refractivity contribution is 9.09. The van der Waals surface area contributed by atoms with Crippen molar-refractivity contribution in [3.8, 4) is 0 Å². The molecular weight excluding hydrogens is 296 g/mol. The first-order valence-electron chi connectivity index (χ1n) is 6.79. The highest BCUT2D eigenvalue weighted by Crippen LogP contribution is 2.25. The molecule has 19 heavy (non-hydrogen) atoms. The first-order valence-corrected chi connectivity index (χ1v) is 7.91. The summed E-state index contributed by atoms with van der Waals surface area (Å²) in [7, 11) is 0. The zero-order chi connectivity index (χ0) is 13.8. The molecule has 0 heterocycles. The van der Waals surface area contributed by atoms with E-state index in [-0.39, 0.29) is 0 Å². The number of hydrogen-bond acceptors (Lipinski definition) is 0. The third-order valence-electron chi connectivity index (χ3n) is 3.71. The Morgan fingerprint density at radius 3 is 2.16 bits per heavy atom. The van der Waals surface area contributed by atoms with E-state index in [0.29, 0.717) is 5.92 Å². The molecule has 0 radical (unpaired) electrons. The summed E-state index contributed by atoms with van der Waals surface area (Å²) >= 11 is 3.67. The summed E-state index contributed by atoms with van der Waals surface area (Å²) in [5.74, 6) is 0.543. The molecule has 1 unspecified atom stereocenters. The molecule has 0 amide bonds. The van der Waals surface area contributed by atoms with Crippen molar-refractivity contribution >= 4 is 15.9 Å². The molecule has 0 saturated heterocycles. The van der Waals surface area contributed by atoms with Crippen LogP contribution in [0.25, 0.3) is 0 Å². The van der Waals surface area contributed by atoms with E-state index in [1.54, 1.807) is 0 Å². The van der Waals surface area contributed by atoms with Crippen molar-refractivity contribution in [2.24, 2.45) is 0 Å². The van der Waals surface area contributed by atoms with Gasteiger partial charge in [-0.05, 0) is 49.8 Å². The van der Waals surface area contributed by atoms with E-state index in [9.17, 15) is 0 Å². The molecule has 2 rings (SSSR count). The summed E-state index contributed by atoms with van der Waals surface area (Å²) in [6.45, 7) is 6.50. The number of benzene rings is 2. The van der Waals surface area contributed by atoms with Gasteiger partial charge in [0.2, 0.25) is 0 Å². The SMILES string of the molecule is Cc1ccc(C(CBr)Cc2cc(C)ccc2C)cc1. The second-order valence-electron chi connectivity index (χ2n) is 5.40. The van der Waals surface area contributed by atoms with Crippen molar-refractivity contribution in [3.05, 3.63) is 70.3 Å². The highest BCUT2D eigenvalue weighted by Gasteiger charge is 2.12. The van der Waals surface area contributed by atoms with E-state index < -0.39 is 0 Å². The molecule has 0 aliphatic rings. The molecular formula is C18H21Br. The van der Waals surface area contributed by atoms with Gasteiger partial charge >= 0.3 is 0 Å². The maximum absolute atomic E-state index is 3.67. The van der Waals surface area contributed by atoms with Crippen molar-refractivity contribution in [1.29, 1.82) is 0 Å². The fraction of sp³-hybridized carbons (Fsp3) is 0.333. The van der Waals surface area contributed by atoms with Crippen LogP contribution in [0.2, 0.25) is 0 Å². The normalized spacial score (nSPS) is 12.4. The van der Waals surface area contributed by atoms with Crippen LogP contribution in [0.1, 0.15) is 33.7 Å². The lowest BCUT2D eigenvalue weighted by molar-refractivity contribution is 0.770. The second-order valence-corrected chi connectivity index (χ2v) is 6.04. The Morgan fingerprint density at radius 1 is 0.895 bits per heavy atom. The van der Waals surface area contributed by atoms with E-state index in [1.165, 1.54) is 27.8 Å². The predicted octanol–water partition coefficient (Wildman–Crippen LogP) is 5.33. The number of hydrogen-bond donors (Lipinski definition) is 0. The largest absolute Gasteiger partial charge is 0.0921 e. The summed E-state index contributed by atoms with van der Waals surface area (Å²) < 4.78 is 0. The molecule has 0 aliphatic carbocycles. The quantitative estimate of drug-likeness (QED) is 0.668. The van der Waals surface area contributed by atoms with Gasteiger partial charge in [-0.1, -0.05) is 69.5 Å². The monoisotopic (exact) mass is 316 g/mol. The lowest BCUT2D eigenvalue weighted by Gasteiger charge is -2.17. The Bertz CT molecular complexity index is 540. The molecule has 0 bridgehead atoms. The predicted molar refractivity (Wildman–Crippen MR) is 87.3 cm³/mol. The van der Waals surface area contributed by atoms with Crippen molar-refractivity contribution < 1.29 is 0 Å². The van der Waals surface area contributed by atoms with E-state index in [0.717, 1.165) is 11.8 Å². The van der Waals surface area contributed by atoms with Crippen molar-refractivity contribution in [3.63, 3.8) is 0 Å². The summed E-state index contributed by atoms with van der Waals surface area (Å²) in [6, 6.07) is 15.7. The fourth-order valence-corrected chi connectivity index (χ4v) is 2.99. The van der Waals surface area contributed by atoms with E-state index in [2.05, 4.69) is 79.2 Å². The first kappa shape index (κ1) is 14.3. The minimum atomic E-state index is 0.543. The molecule has 0 nitrogen and oxygen atoms in total. The van der Waals surface area contributed by atoms with Gasteiger partial charge in [-0.2, -0.15) is 0 Å². The summed E-state index contributed by atoms with van der Waals surface area (Å²) in [4.78, 5) is 0. The van der Waals surface area contributed by atoms with Crippen molar-refractivity contribution in [2.45, 2.75) is 33.1 Å². The van der Waals surface area contributed by atoms with Gasteiger partial charge < -0.3 is 0 Å². The van der Waals surface area contributed by atoms with Gasteiger partial charge in [0.05, 0.1) is 0 Å². The Morgan fingerprint density at radius 2 is 1.53 bits per heavy atom. The molecule has 2 aromatic carbocycles. The molecule has 0 aromatic heterocycles. The maximum Gasteiger partial charge on any atom is 0.0103 e. The van der Waals surface area contributed by atoms with Crippen LogP contribution in [-0.2, 0) is 6.42 Å². The number of rotatable bonds is 4. The molecule has 0 aliphatic heterocycles. The van der Waals surface area contributed by atoms with Crippen molar-refractivity contribution in [1.82, 2.24) is 0 Å². The molecule has 0 fully saturated rings. The summed E-state index contributed by atoms with van der Waals surface area (Å²) in [6.07, 6.45) is 1.10. The fourth-order valence-electron chi connectivity index (χ4n) is 2.39. The van der Waals surface area contributed by atoms with Crippen LogP contribution in [0.4, 0.5) is 0 Å². The van der Waals surface area contributed by atoms with Crippen LogP contribution in [0.3, 0.4) is 0 Å². The van der Waals surface area contributed by atoms with Gasteiger partial charge in [-0.15, -0.1) is 0 Å². The Hall–Kier alpha value is -1.08. The van der Waals surface area contributed by atoms with Gasteiger partial charge in [0, 0.05) is 5.33 Å². The van der Waals surface area contributed by atoms with E-state index in [1.807, 2.05) is 0 Å². The van der Waals surface area contributed by atoms with Gasteiger partial charge in [-0.3, -0.25) is 0 Å². The van der Waals surface area contributed by atoms with Crippen LogP contribution in [0, 0.1) is 20.8 Å². The number of aryl methyl sites for hydroxylation is 3. The smallest absolute Gasteiger partial charge is 0.0103 e. The third-order valence-corrected chi connectivity index (χ3v) is 4.49. The topological polar surface area (TPSA) is 0 Å². The zero-order valence-corrected chi connectivity index (χ0v) is 13.5. The molecule has 1 atom stereocenters. The second kappa shape index (κ2) is 6.38.